The second kappa shape index (κ2) is 4.57. The minimum Gasteiger partial charge on any atom is -0.506 e. The van der Waals surface area contributed by atoms with Crippen molar-refractivity contribution in [2.24, 2.45) is 5.92 Å². The van der Waals surface area contributed by atoms with Gasteiger partial charge in [-0.05, 0) is 43.4 Å². The van der Waals surface area contributed by atoms with E-state index in [0.29, 0.717) is 17.5 Å². The standard InChI is InChI=1S/C14H17N3O2/c1-8-2-3-9(6-8)13-16-14(19-17-13)10-4-5-12(18)11(15)7-10/h4-5,7-9,18H,2-3,6,15H2,1H3. The van der Waals surface area contributed by atoms with Gasteiger partial charge < -0.3 is 15.4 Å². The fourth-order valence-corrected chi connectivity index (χ4v) is 2.65. The van der Waals surface area contributed by atoms with Gasteiger partial charge in [-0.3, -0.25) is 0 Å². The van der Waals surface area contributed by atoms with Crippen molar-refractivity contribution in [3.63, 3.8) is 0 Å². The van der Waals surface area contributed by atoms with Gasteiger partial charge in [0.25, 0.3) is 5.89 Å². The Morgan fingerprint density at radius 2 is 2.21 bits per heavy atom. The van der Waals surface area contributed by atoms with E-state index in [1.54, 1.807) is 12.1 Å². The molecule has 0 aliphatic heterocycles. The Labute approximate surface area is 111 Å². The number of hydrogen-bond donors (Lipinski definition) is 2. The van der Waals surface area contributed by atoms with Crippen LogP contribution in [0.2, 0.25) is 0 Å². The quantitative estimate of drug-likeness (QED) is 0.639. The van der Waals surface area contributed by atoms with E-state index in [1.165, 1.54) is 12.5 Å². The van der Waals surface area contributed by atoms with Crippen LogP contribution in [-0.4, -0.2) is 15.2 Å². The Bertz CT molecular complexity index is 594. The summed E-state index contributed by atoms with van der Waals surface area (Å²) in [6.45, 7) is 2.25. The lowest BCUT2D eigenvalue weighted by Gasteiger charge is -2.02. The largest absolute Gasteiger partial charge is 0.506 e. The Hall–Kier alpha value is -2.04. The molecule has 1 aromatic carbocycles. The van der Waals surface area contributed by atoms with Gasteiger partial charge in [-0.15, -0.1) is 0 Å². The van der Waals surface area contributed by atoms with Crippen LogP contribution in [0.3, 0.4) is 0 Å². The molecule has 2 atom stereocenters. The number of phenols is 1. The van der Waals surface area contributed by atoms with E-state index in [9.17, 15) is 5.11 Å². The monoisotopic (exact) mass is 259 g/mol. The molecule has 3 N–H and O–H groups in total. The van der Waals surface area contributed by atoms with Gasteiger partial charge in [0.2, 0.25) is 0 Å². The fraction of sp³-hybridized carbons (Fsp3) is 0.429. The highest BCUT2D eigenvalue weighted by molar-refractivity contribution is 5.64. The number of nitrogen functional groups attached to an aromatic ring is 1. The molecule has 5 heteroatoms. The Balaban J connectivity index is 1.86. The van der Waals surface area contributed by atoms with E-state index < -0.39 is 0 Å². The third kappa shape index (κ3) is 2.28. The summed E-state index contributed by atoms with van der Waals surface area (Å²) in [7, 11) is 0. The zero-order valence-corrected chi connectivity index (χ0v) is 10.8. The van der Waals surface area contributed by atoms with E-state index in [4.69, 9.17) is 10.3 Å². The van der Waals surface area contributed by atoms with Crippen LogP contribution in [-0.2, 0) is 0 Å². The first kappa shape index (κ1) is 12.0. The Morgan fingerprint density at radius 1 is 1.37 bits per heavy atom. The maximum Gasteiger partial charge on any atom is 0.258 e. The van der Waals surface area contributed by atoms with Crippen LogP contribution in [0.25, 0.3) is 11.5 Å². The zero-order valence-electron chi connectivity index (χ0n) is 10.8. The number of aromatic nitrogens is 2. The van der Waals surface area contributed by atoms with Gasteiger partial charge in [-0.1, -0.05) is 12.1 Å². The van der Waals surface area contributed by atoms with Crippen molar-refractivity contribution >= 4 is 5.69 Å². The second-order valence-corrected chi connectivity index (χ2v) is 5.35. The highest BCUT2D eigenvalue weighted by atomic mass is 16.5. The number of hydrogen-bond acceptors (Lipinski definition) is 5. The third-order valence-electron chi connectivity index (χ3n) is 3.78. The van der Waals surface area contributed by atoms with Crippen LogP contribution in [0, 0.1) is 5.92 Å². The van der Waals surface area contributed by atoms with Crippen molar-refractivity contribution in [1.82, 2.24) is 10.1 Å². The lowest BCUT2D eigenvalue weighted by atomic mass is 10.1. The predicted octanol–water partition coefficient (Wildman–Crippen LogP) is 2.93. The minimum atomic E-state index is 0.0631. The molecule has 0 bridgehead atoms. The third-order valence-corrected chi connectivity index (χ3v) is 3.78. The first-order chi connectivity index (χ1) is 9.13. The van der Waals surface area contributed by atoms with Crippen molar-refractivity contribution < 1.29 is 9.63 Å². The normalized spacial score (nSPS) is 22.8. The first-order valence-corrected chi connectivity index (χ1v) is 6.56. The smallest absolute Gasteiger partial charge is 0.258 e. The van der Waals surface area contributed by atoms with Crippen LogP contribution in [0.1, 0.15) is 37.9 Å². The van der Waals surface area contributed by atoms with Crippen LogP contribution in [0.4, 0.5) is 5.69 Å². The van der Waals surface area contributed by atoms with Crippen LogP contribution >= 0.6 is 0 Å². The number of rotatable bonds is 2. The van der Waals surface area contributed by atoms with Crippen molar-refractivity contribution in [3.05, 3.63) is 24.0 Å². The summed E-state index contributed by atoms with van der Waals surface area (Å²) in [5.41, 5.74) is 6.71. The molecule has 2 aromatic rings. The molecule has 0 saturated heterocycles. The molecule has 1 fully saturated rings. The summed E-state index contributed by atoms with van der Waals surface area (Å²) >= 11 is 0. The molecule has 5 nitrogen and oxygen atoms in total. The number of phenolic OH excluding ortho intramolecular Hbond substituents is 1. The lowest BCUT2D eigenvalue weighted by Crippen LogP contribution is -1.96. The number of aromatic hydroxyl groups is 1. The molecular formula is C14H17N3O2. The SMILES string of the molecule is CC1CCC(c2noc(-c3ccc(O)c(N)c3)n2)C1. The molecule has 0 spiro atoms. The molecule has 1 aromatic heterocycles. The van der Waals surface area contributed by atoms with Gasteiger partial charge in [0.15, 0.2) is 5.82 Å². The lowest BCUT2D eigenvalue weighted by molar-refractivity contribution is 0.414. The van der Waals surface area contributed by atoms with Gasteiger partial charge >= 0.3 is 0 Å². The summed E-state index contributed by atoms with van der Waals surface area (Å²) in [5, 5.41) is 13.5. The van der Waals surface area contributed by atoms with Gasteiger partial charge in [0.05, 0.1) is 5.69 Å². The maximum absolute atomic E-state index is 9.41. The van der Waals surface area contributed by atoms with Crippen LogP contribution in [0.15, 0.2) is 22.7 Å². The molecule has 1 heterocycles. The van der Waals surface area contributed by atoms with E-state index >= 15 is 0 Å². The Kier molecular flexibility index (Phi) is 2.89. The number of benzene rings is 1. The van der Waals surface area contributed by atoms with Crippen molar-refractivity contribution in [2.75, 3.05) is 5.73 Å². The average Bonchev–Trinajstić information content (AvgIpc) is 3.01. The number of anilines is 1. The molecule has 3 rings (SSSR count). The molecule has 19 heavy (non-hydrogen) atoms. The number of nitrogens with two attached hydrogens (primary N) is 1. The van der Waals surface area contributed by atoms with E-state index in [-0.39, 0.29) is 5.75 Å². The summed E-state index contributed by atoms with van der Waals surface area (Å²) < 4.78 is 5.29. The second-order valence-electron chi connectivity index (χ2n) is 5.35. The van der Waals surface area contributed by atoms with Gasteiger partial charge in [0.1, 0.15) is 5.75 Å². The van der Waals surface area contributed by atoms with Gasteiger partial charge in [-0.2, -0.15) is 4.98 Å². The molecule has 1 saturated carbocycles. The molecule has 100 valence electrons. The van der Waals surface area contributed by atoms with E-state index in [0.717, 1.165) is 30.1 Å². The first-order valence-electron chi connectivity index (χ1n) is 6.56. The molecule has 1 aliphatic rings. The highest BCUT2D eigenvalue weighted by Crippen LogP contribution is 2.37. The fourth-order valence-electron chi connectivity index (χ4n) is 2.65. The van der Waals surface area contributed by atoms with Crippen molar-refractivity contribution in [1.29, 1.82) is 0 Å². The molecule has 1 aliphatic carbocycles. The Morgan fingerprint density at radius 3 is 2.89 bits per heavy atom. The molecular weight excluding hydrogens is 242 g/mol. The summed E-state index contributed by atoms with van der Waals surface area (Å²) in [6, 6.07) is 4.90. The van der Waals surface area contributed by atoms with Gasteiger partial charge in [0, 0.05) is 11.5 Å². The van der Waals surface area contributed by atoms with E-state index in [1.807, 2.05) is 0 Å². The van der Waals surface area contributed by atoms with Crippen molar-refractivity contribution in [3.8, 4) is 17.2 Å². The van der Waals surface area contributed by atoms with Crippen molar-refractivity contribution in [2.45, 2.75) is 32.1 Å². The maximum atomic E-state index is 9.41. The van der Waals surface area contributed by atoms with Crippen LogP contribution < -0.4 is 5.73 Å². The highest BCUT2D eigenvalue weighted by Gasteiger charge is 2.27. The predicted molar refractivity (Wildman–Crippen MR) is 71.6 cm³/mol. The molecule has 0 radical (unpaired) electrons. The number of nitrogens with zero attached hydrogens (tertiary/aromatic N) is 2. The zero-order chi connectivity index (χ0) is 13.4. The summed E-state index contributed by atoms with van der Waals surface area (Å²) in [4.78, 5) is 4.45. The molecule has 2 unspecified atom stereocenters. The average molecular weight is 259 g/mol. The summed E-state index contributed by atoms with van der Waals surface area (Å²) in [5.74, 6) is 2.44. The van der Waals surface area contributed by atoms with Gasteiger partial charge in [-0.25, -0.2) is 0 Å². The topological polar surface area (TPSA) is 85.2 Å². The van der Waals surface area contributed by atoms with Crippen LogP contribution in [0.5, 0.6) is 5.75 Å². The summed E-state index contributed by atoms with van der Waals surface area (Å²) in [6.07, 6.45) is 3.47. The molecule has 0 amide bonds. The van der Waals surface area contributed by atoms with E-state index in [2.05, 4.69) is 17.1 Å². The minimum absolute atomic E-state index is 0.0631.